The topological polar surface area (TPSA) is 0 Å². The molecule has 1 aromatic rings. The first-order valence-corrected chi connectivity index (χ1v) is 9.20. The molecule has 1 aliphatic rings. The van der Waals surface area contributed by atoms with Crippen LogP contribution in [0.15, 0.2) is 18.2 Å². The van der Waals surface area contributed by atoms with Crippen molar-refractivity contribution in [2.75, 3.05) is 5.33 Å². The van der Waals surface area contributed by atoms with Crippen molar-refractivity contribution in [1.29, 1.82) is 0 Å². The van der Waals surface area contributed by atoms with Gasteiger partial charge < -0.3 is 0 Å². The van der Waals surface area contributed by atoms with Gasteiger partial charge in [0.25, 0.3) is 0 Å². The fourth-order valence-corrected chi connectivity index (χ4v) is 4.33. The Kier molecular flexibility index (Phi) is 6.21. The molecule has 3 heteroatoms. The summed E-state index contributed by atoms with van der Waals surface area (Å²) in [4.78, 5) is 0. The van der Waals surface area contributed by atoms with Gasteiger partial charge in [0.05, 0.1) is 0 Å². The largest absolute Gasteiger partial charge is 0.207 e. The van der Waals surface area contributed by atoms with E-state index in [9.17, 15) is 8.78 Å². The zero-order valence-electron chi connectivity index (χ0n) is 12.8. The van der Waals surface area contributed by atoms with Crippen molar-refractivity contribution in [3.05, 3.63) is 35.4 Å². The van der Waals surface area contributed by atoms with Crippen molar-refractivity contribution in [2.24, 2.45) is 11.3 Å². The molecule has 0 unspecified atom stereocenters. The summed E-state index contributed by atoms with van der Waals surface area (Å²) in [5.41, 5.74) is 0.960. The van der Waals surface area contributed by atoms with Crippen LogP contribution in [0.1, 0.15) is 57.4 Å². The van der Waals surface area contributed by atoms with E-state index in [1.165, 1.54) is 44.2 Å². The quantitative estimate of drug-likeness (QED) is 0.525. The number of alkyl halides is 1. The monoisotopic (exact) mass is 358 g/mol. The van der Waals surface area contributed by atoms with E-state index < -0.39 is 11.6 Å². The summed E-state index contributed by atoms with van der Waals surface area (Å²) in [6, 6.07) is 3.92. The molecule has 0 nitrogen and oxygen atoms in total. The minimum Gasteiger partial charge on any atom is -0.207 e. The summed E-state index contributed by atoms with van der Waals surface area (Å²) in [5.74, 6) is -0.0842. The SMILES string of the molecule is CCCCC1CCC(CBr)(Cc2cc(F)cc(F)c2)CC1. The molecule has 0 saturated heterocycles. The van der Waals surface area contributed by atoms with Crippen molar-refractivity contribution in [2.45, 2.75) is 58.3 Å². The van der Waals surface area contributed by atoms with Gasteiger partial charge in [-0.3, -0.25) is 0 Å². The third-order valence-electron chi connectivity index (χ3n) is 4.92. The van der Waals surface area contributed by atoms with Gasteiger partial charge in [-0.05, 0) is 61.1 Å². The molecule has 0 N–H and O–H groups in total. The molecule has 0 spiro atoms. The number of halogens is 3. The van der Waals surface area contributed by atoms with Gasteiger partial charge in [-0.2, -0.15) is 0 Å². The molecule has 118 valence electrons. The summed E-state index contributed by atoms with van der Waals surface area (Å²) in [6.45, 7) is 2.24. The maximum absolute atomic E-state index is 13.4. The molecule has 1 fully saturated rings. The number of rotatable bonds is 6. The van der Waals surface area contributed by atoms with Crippen LogP contribution in [0.25, 0.3) is 0 Å². The van der Waals surface area contributed by atoms with E-state index in [0.29, 0.717) is 0 Å². The van der Waals surface area contributed by atoms with Crippen molar-refractivity contribution < 1.29 is 8.78 Å². The number of hydrogen-bond donors (Lipinski definition) is 0. The lowest BCUT2D eigenvalue weighted by atomic mass is 9.68. The van der Waals surface area contributed by atoms with Crippen LogP contribution >= 0.6 is 15.9 Å². The third kappa shape index (κ3) is 4.77. The summed E-state index contributed by atoms with van der Waals surface area (Å²) in [6.07, 6.45) is 9.52. The predicted octanol–water partition coefficient (Wildman–Crippen LogP) is 6.27. The number of hydrogen-bond acceptors (Lipinski definition) is 0. The van der Waals surface area contributed by atoms with Crippen molar-refractivity contribution in [1.82, 2.24) is 0 Å². The first-order chi connectivity index (χ1) is 10.1. The van der Waals surface area contributed by atoms with Gasteiger partial charge >= 0.3 is 0 Å². The summed E-state index contributed by atoms with van der Waals surface area (Å²) < 4.78 is 26.7. The fourth-order valence-electron chi connectivity index (χ4n) is 3.58. The molecule has 0 amide bonds. The standard InChI is InChI=1S/C18H25BrF2/c1-2-3-4-14-5-7-18(13-19,8-6-14)12-15-9-16(20)11-17(21)10-15/h9-11,14H,2-8,12-13H2,1H3. The molecule has 1 aromatic carbocycles. The minimum atomic E-state index is -0.466. The molecule has 0 radical (unpaired) electrons. The molecular formula is C18H25BrF2. The second-order valence-corrected chi connectivity index (χ2v) is 7.23. The Morgan fingerprint density at radius 3 is 2.29 bits per heavy atom. The molecule has 0 aliphatic heterocycles. The zero-order chi connectivity index (χ0) is 15.3. The number of benzene rings is 1. The van der Waals surface area contributed by atoms with Crippen molar-refractivity contribution in [3.63, 3.8) is 0 Å². The van der Waals surface area contributed by atoms with E-state index in [-0.39, 0.29) is 5.41 Å². The third-order valence-corrected chi connectivity index (χ3v) is 6.11. The Labute approximate surface area is 135 Å². The minimum absolute atomic E-state index is 0.170. The Balaban J connectivity index is 1.99. The van der Waals surface area contributed by atoms with E-state index in [0.717, 1.165) is 42.1 Å². The Morgan fingerprint density at radius 1 is 1.14 bits per heavy atom. The Bertz CT molecular complexity index is 430. The Morgan fingerprint density at radius 2 is 1.76 bits per heavy atom. The van der Waals surface area contributed by atoms with Gasteiger partial charge in [-0.25, -0.2) is 8.78 Å². The van der Waals surface area contributed by atoms with Crippen LogP contribution in [-0.2, 0) is 6.42 Å². The lowest BCUT2D eigenvalue weighted by Gasteiger charge is -2.39. The van der Waals surface area contributed by atoms with Crippen LogP contribution in [0.4, 0.5) is 8.78 Å². The number of unbranched alkanes of at least 4 members (excludes halogenated alkanes) is 1. The Hall–Kier alpha value is -0.440. The highest BCUT2D eigenvalue weighted by atomic mass is 79.9. The molecule has 1 aliphatic carbocycles. The summed E-state index contributed by atoms with van der Waals surface area (Å²) in [5, 5.41) is 0.915. The highest BCUT2D eigenvalue weighted by molar-refractivity contribution is 9.09. The van der Waals surface area contributed by atoms with Crippen LogP contribution in [0.2, 0.25) is 0 Å². The zero-order valence-corrected chi connectivity index (χ0v) is 14.4. The normalized spacial score (nSPS) is 26.0. The first-order valence-electron chi connectivity index (χ1n) is 8.08. The van der Waals surface area contributed by atoms with Crippen molar-refractivity contribution in [3.8, 4) is 0 Å². The molecule has 0 heterocycles. The van der Waals surface area contributed by atoms with E-state index in [1.54, 1.807) is 0 Å². The van der Waals surface area contributed by atoms with E-state index in [4.69, 9.17) is 0 Å². The average Bonchev–Trinajstić information content (AvgIpc) is 2.45. The molecular weight excluding hydrogens is 334 g/mol. The highest BCUT2D eigenvalue weighted by Gasteiger charge is 2.34. The van der Waals surface area contributed by atoms with Crippen LogP contribution in [-0.4, -0.2) is 5.33 Å². The smallest absolute Gasteiger partial charge is 0.126 e. The first kappa shape index (κ1) is 16.9. The van der Waals surface area contributed by atoms with Gasteiger partial charge in [-0.1, -0.05) is 42.1 Å². The van der Waals surface area contributed by atoms with Crippen molar-refractivity contribution >= 4 is 15.9 Å². The summed E-state index contributed by atoms with van der Waals surface area (Å²) >= 11 is 3.65. The van der Waals surface area contributed by atoms with Crippen LogP contribution < -0.4 is 0 Å². The van der Waals surface area contributed by atoms with Gasteiger partial charge in [0, 0.05) is 11.4 Å². The van der Waals surface area contributed by atoms with Gasteiger partial charge in [0.1, 0.15) is 11.6 Å². The predicted molar refractivity (Wildman–Crippen MR) is 87.8 cm³/mol. The van der Waals surface area contributed by atoms with Crippen LogP contribution in [0.3, 0.4) is 0 Å². The van der Waals surface area contributed by atoms with Gasteiger partial charge in [0.15, 0.2) is 0 Å². The van der Waals surface area contributed by atoms with E-state index in [2.05, 4.69) is 22.9 Å². The van der Waals surface area contributed by atoms with Gasteiger partial charge in [-0.15, -0.1) is 0 Å². The molecule has 1 saturated carbocycles. The summed E-state index contributed by atoms with van der Waals surface area (Å²) in [7, 11) is 0. The fraction of sp³-hybridized carbons (Fsp3) is 0.667. The maximum Gasteiger partial charge on any atom is 0.126 e. The van der Waals surface area contributed by atoms with Crippen LogP contribution in [0, 0.1) is 23.0 Å². The second kappa shape index (κ2) is 7.71. The van der Waals surface area contributed by atoms with E-state index in [1.807, 2.05) is 0 Å². The average molecular weight is 359 g/mol. The molecule has 2 rings (SSSR count). The molecule has 0 bridgehead atoms. The van der Waals surface area contributed by atoms with Crippen LogP contribution in [0.5, 0.6) is 0 Å². The maximum atomic E-state index is 13.4. The molecule has 0 atom stereocenters. The molecule has 21 heavy (non-hydrogen) atoms. The lowest BCUT2D eigenvalue weighted by molar-refractivity contribution is 0.168. The van der Waals surface area contributed by atoms with E-state index >= 15 is 0 Å². The van der Waals surface area contributed by atoms with Gasteiger partial charge in [0.2, 0.25) is 0 Å². The second-order valence-electron chi connectivity index (χ2n) is 6.67. The molecule has 0 aromatic heterocycles. The lowest BCUT2D eigenvalue weighted by Crippen LogP contribution is -2.31. The highest BCUT2D eigenvalue weighted by Crippen LogP contribution is 2.44.